The molecule has 1 heterocycles. The number of benzene rings is 2. The molecule has 9 heteroatoms. The highest BCUT2D eigenvalue weighted by molar-refractivity contribution is 9.10. The Bertz CT molecular complexity index is 1080. The van der Waals surface area contributed by atoms with Gasteiger partial charge in [0.25, 0.3) is 17.5 Å². The van der Waals surface area contributed by atoms with Crippen molar-refractivity contribution in [3.63, 3.8) is 0 Å². The lowest BCUT2D eigenvalue weighted by molar-refractivity contribution is -0.384. The predicted octanol–water partition coefficient (Wildman–Crippen LogP) is 4.83. The molecule has 2 aromatic carbocycles. The minimum atomic E-state index is -0.552. The second kappa shape index (κ2) is 9.26. The van der Waals surface area contributed by atoms with Gasteiger partial charge in [-0.2, -0.15) is 0 Å². The molecule has 0 saturated carbocycles. The van der Waals surface area contributed by atoms with Gasteiger partial charge in [0, 0.05) is 22.3 Å². The molecule has 0 aliphatic heterocycles. The quantitative estimate of drug-likeness (QED) is 0.305. The van der Waals surface area contributed by atoms with Gasteiger partial charge in [0.15, 0.2) is 0 Å². The molecule has 0 aliphatic carbocycles. The first kappa shape index (κ1) is 20.4. The molecule has 0 aliphatic rings. The zero-order chi connectivity index (χ0) is 20.8. The first-order valence-electron chi connectivity index (χ1n) is 8.30. The van der Waals surface area contributed by atoms with Crippen LogP contribution in [0.1, 0.15) is 15.2 Å². The van der Waals surface area contributed by atoms with Crippen molar-refractivity contribution in [3.8, 4) is 0 Å². The fourth-order valence-electron chi connectivity index (χ4n) is 2.38. The number of hydrogen-bond acceptors (Lipinski definition) is 5. The number of anilines is 1. The SMILES string of the molecule is O=C(Nc1ccc(Br)cc1)C(=Cc1cccc([N+](=O)[O-])c1)NC(=O)c1cccs1. The van der Waals surface area contributed by atoms with Gasteiger partial charge in [-0.15, -0.1) is 11.3 Å². The van der Waals surface area contributed by atoms with E-state index >= 15 is 0 Å². The summed E-state index contributed by atoms with van der Waals surface area (Å²) in [7, 11) is 0. The lowest BCUT2D eigenvalue weighted by Crippen LogP contribution is -2.30. The number of rotatable bonds is 6. The Balaban J connectivity index is 1.91. The smallest absolute Gasteiger partial charge is 0.272 e. The number of hydrogen-bond donors (Lipinski definition) is 2. The Hall–Kier alpha value is -3.30. The first-order chi connectivity index (χ1) is 13.9. The second-order valence-electron chi connectivity index (χ2n) is 5.80. The van der Waals surface area contributed by atoms with Crippen molar-refractivity contribution in [3.05, 3.63) is 96.8 Å². The van der Waals surface area contributed by atoms with Crippen LogP contribution in [0.4, 0.5) is 11.4 Å². The fraction of sp³-hybridized carbons (Fsp3) is 0. The average molecular weight is 472 g/mol. The number of amides is 2. The number of thiophene rings is 1. The number of nitro groups is 1. The maximum atomic E-state index is 12.8. The van der Waals surface area contributed by atoms with Crippen LogP contribution in [0.3, 0.4) is 0 Å². The Morgan fingerprint density at radius 2 is 1.83 bits per heavy atom. The Morgan fingerprint density at radius 1 is 1.07 bits per heavy atom. The molecule has 0 spiro atoms. The molecule has 1 aromatic heterocycles. The Kier molecular flexibility index (Phi) is 6.53. The van der Waals surface area contributed by atoms with E-state index in [-0.39, 0.29) is 11.4 Å². The van der Waals surface area contributed by atoms with Gasteiger partial charge in [-0.1, -0.05) is 34.1 Å². The number of carbonyl (C=O) groups excluding carboxylic acids is 2. The van der Waals surface area contributed by atoms with Crippen LogP contribution in [-0.4, -0.2) is 16.7 Å². The van der Waals surface area contributed by atoms with E-state index in [4.69, 9.17) is 0 Å². The number of carbonyl (C=O) groups is 2. The van der Waals surface area contributed by atoms with Crippen molar-refractivity contribution in [2.75, 3.05) is 5.32 Å². The summed E-state index contributed by atoms with van der Waals surface area (Å²) in [5.74, 6) is -0.994. The number of non-ortho nitro benzene ring substituents is 1. The van der Waals surface area contributed by atoms with Crippen molar-refractivity contribution < 1.29 is 14.5 Å². The van der Waals surface area contributed by atoms with Crippen molar-refractivity contribution in [2.45, 2.75) is 0 Å². The van der Waals surface area contributed by atoms with Crippen molar-refractivity contribution >= 4 is 56.5 Å². The third kappa shape index (κ3) is 5.59. The largest absolute Gasteiger partial charge is 0.321 e. The summed E-state index contributed by atoms with van der Waals surface area (Å²) in [5.41, 5.74) is 0.794. The molecule has 2 amide bonds. The van der Waals surface area contributed by atoms with Gasteiger partial charge in [0.05, 0.1) is 9.80 Å². The van der Waals surface area contributed by atoms with Gasteiger partial charge in [-0.25, -0.2) is 0 Å². The van der Waals surface area contributed by atoms with Gasteiger partial charge >= 0.3 is 0 Å². The molecule has 29 heavy (non-hydrogen) atoms. The predicted molar refractivity (Wildman–Crippen MR) is 116 cm³/mol. The van der Waals surface area contributed by atoms with Crippen LogP contribution in [-0.2, 0) is 4.79 Å². The van der Waals surface area contributed by atoms with Crippen LogP contribution in [0, 0.1) is 10.1 Å². The third-order valence-corrected chi connectivity index (χ3v) is 5.13. The molecule has 2 N–H and O–H groups in total. The number of nitrogens with zero attached hydrogens (tertiary/aromatic N) is 1. The van der Waals surface area contributed by atoms with Gasteiger partial charge in [-0.05, 0) is 47.4 Å². The van der Waals surface area contributed by atoms with Gasteiger partial charge in [0.1, 0.15) is 5.70 Å². The summed E-state index contributed by atoms with van der Waals surface area (Å²) in [6.07, 6.45) is 1.40. The summed E-state index contributed by atoms with van der Waals surface area (Å²) in [6.45, 7) is 0. The monoisotopic (exact) mass is 471 g/mol. The molecule has 0 atom stereocenters. The van der Waals surface area contributed by atoms with Crippen LogP contribution in [0.2, 0.25) is 0 Å². The van der Waals surface area contributed by atoms with Gasteiger partial charge in [-0.3, -0.25) is 19.7 Å². The molecule has 146 valence electrons. The number of halogens is 1. The summed E-state index contributed by atoms with van der Waals surface area (Å²) in [6, 6.07) is 16.1. The summed E-state index contributed by atoms with van der Waals surface area (Å²) < 4.78 is 0.855. The highest BCUT2D eigenvalue weighted by atomic mass is 79.9. The van der Waals surface area contributed by atoms with Gasteiger partial charge in [0.2, 0.25) is 0 Å². The van der Waals surface area contributed by atoms with Crippen LogP contribution in [0.25, 0.3) is 6.08 Å². The average Bonchev–Trinajstić information content (AvgIpc) is 3.24. The maximum absolute atomic E-state index is 12.8. The molecular weight excluding hydrogens is 458 g/mol. The topological polar surface area (TPSA) is 101 Å². The summed E-state index contributed by atoms with van der Waals surface area (Å²) in [4.78, 5) is 36.2. The van der Waals surface area contributed by atoms with E-state index in [2.05, 4.69) is 26.6 Å². The summed E-state index contributed by atoms with van der Waals surface area (Å²) >= 11 is 4.56. The minimum Gasteiger partial charge on any atom is -0.321 e. The zero-order valence-corrected chi connectivity index (χ0v) is 17.2. The standard InChI is InChI=1S/C20H14BrN3O4S/c21-14-6-8-15(9-7-14)22-19(25)17(23-20(26)18-5-2-10-29-18)12-13-3-1-4-16(11-13)24(27)28/h1-12H,(H,22,25)(H,23,26). The van der Waals surface area contributed by atoms with E-state index < -0.39 is 16.7 Å². The van der Waals surface area contributed by atoms with Crippen LogP contribution in [0.5, 0.6) is 0 Å². The molecule has 3 aromatic rings. The highest BCUT2D eigenvalue weighted by Crippen LogP contribution is 2.18. The molecule has 0 unspecified atom stereocenters. The van der Waals surface area contributed by atoms with Gasteiger partial charge < -0.3 is 10.6 Å². The molecule has 0 bridgehead atoms. The molecule has 0 radical (unpaired) electrons. The van der Waals surface area contributed by atoms with E-state index in [9.17, 15) is 19.7 Å². The number of nitro benzene ring substituents is 1. The van der Waals surface area contributed by atoms with Crippen LogP contribution in [0.15, 0.2) is 76.2 Å². The number of nitrogens with one attached hydrogen (secondary N) is 2. The molecule has 3 rings (SSSR count). The van der Waals surface area contributed by atoms with Crippen molar-refractivity contribution in [2.24, 2.45) is 0 Å². The third-order valence-electron chi connectivity index (χ3n) is 3.73. The van der Waals surface area contributed by atoms with Crippen LogP contribution < -0.4 is 10.6 Å². The lowest BCUT2D eigenvalue weighted by Gasteiger charge is -2.11. The molecule has 7 nitrogen and oxygen atoms in total. The lowest BCUT2D eigenvalue weighted by atomic mass is 10.1. The maximum Gasteiger partial charge on any atom is 0.272 e. The van der Waals surface area contributed by atoms with E-state index in [1.54, 1.807) is 47.8 Å². The summed E-state index contributed by atoms with van der Waals surface area (Å²) in [5, 5.41) is 18.1. The fourth-order valence-corrected chi connectivity index (χ4v) is 3.26. The first-order valence-corrected chi connectivity index (χ1v) is 9.97. The van der Waals surface area contributed by atoms with Crippen LogP contribution >= 0.6 is 27.3 Å². The van der Waals surface area contributed by atoms with Crippen molar-refractivity contribution in [1.82, 2.24) is 5.32 Å². The normalized spacial score (nSPS) is 11.0. The Morgan fingerprint density at radius 3 is 2.48 bits per heavy atom. The second-order valence-corrected chi connectivity index (χ2v) is 7.67. The molecule has 0 saturated heterocycles. The van der Waals surface area contributed by atoms with E-state index in [0.717, 1.165) is 4.47 Å². The van der Waals surface area contributed by atoms with Crippen molar-refractivity contribution in [1.29, 1.82) is 0 Å². The minimum absolute atomic E-state index is 0.0354. The van der Waals surface area contributed by atoms with E-state index in [1.165, 1.54) is 35.6 Å². The molecular formula is C20H14BrN3O4S. The Labute approximate surface area is 178 Å². The zero-order valence-electron chi connectivity index (χ0n) is 14.8. The highest BCUT2D eigenvalue weighted by Gasteiger charge is 2.16. The van der Waals surface area contributed by atoms with E-state index in [1.807, 2.05) is 0 Å². The van der Waals surface area contributed by atoms with E-state index in [0.29, 0.717) is 16.1 Å². The molecule has 0 fully saturated rings.